The molecule has 120 valence electrons. The maximum atomic E-state index is 11.4. The molecule has 0 N–H and O–H groups in total. The third-order valence-electron chi connectivity index (χ3n) is 4.54. The summed E-state index contributed by atoms with van der Waals surface area (Å²) < 4.78 is 2.08. The van der Waals surface area contributed by atoms with Crippen LogP contribution in [-0.2, 0) is 0 Å². The van der Waals surface area contributed by atoms with Crippen LogP contribution in [0.1, 0.15) is 48.9 Å². The van der Waals surface area contributed by atoms with Crippen LogP contribution in [0, 0.1) is 13.8 Å². The first-order valence-electron chi connectivity index (χ1n) is 7.93. The molecule has 0 aliphatic carbocycles. The Bertz CT molecular complexity index is 779. The largest absolute Gasteiger partial charge is 0.325 e. The second kappa shape index (κ2) is 5.37. The van der Waals surface area contributed by atoms with Gasteiger partial charge in [0.1, 0.15) is 17.9 Å². The third-order valence-corrected chi connectivity index (χ3v) is 4.54. The number of carbonyl (C=O) groups is 1. The first-order chi connectivity index (χ1) is 10.8. The predicted molar refractivity (Wildman–Crippen MR) is 93.4 cm³/mol. The van der Waals surface area contributed by atoms with Gasteiger partial charge >= 0.3 is 0 Å². The molecule has 1 aliphatic rings. The Morgan fingerprint density at radius 1 is 1.09 bits per heavy atom. The van der Waals surface area contributed by atoms with Gasteiger partial charge in [0.25, 0.3) is 0 Å². The molecule has 3 heterocycles. The molecule has 0 bridgehead atoms. The molecule has 2 aromatic rings. The summed E-state index contributed by atoms with van der Waals surface area (Å²) in [5.74, 6) is 1.62. The van der Waals surface area contributed by atoms with Crippen molar-refractivity contribution in [2.45, 2.75) is 46.6 Å². The fourth-order valence-electron chi connectivity index (χ4n) is 3.40. The Labute approximate surface area is 137 Å². The molecule has 4 heteroatoms. The maximum Gasteiger partial charge on any atom is 0.150 e. The number of aromatic nitrogens is 2. The van der Waals surface area contributed by atoms with Crippen LogP contribution in [0.2, 0.25) is 0 Å². The summed E-state index contributed by atoms with van der Waals surface area (Å²) in [6.45, 7) is 10.6. The first kappa shape index (κ1) is 15.5. The molecule has 4 nitrogen and oxygen atoms in total. The number of aldehydes is 1. The zero-order valence-electron chi connectivity index (χ0n) is 14.4. The van der Waals surface area contributed by atoms with E-state index in [1.54, 1.807) is 0 Å². The average Bonchev–Trinajstić information content (AvgIpc) is 2.97. The minimum atomic E-state index is -0.0311. The summed E-state index contributed by atoms with van der Waals surface area (Å²) in [5, 5.41) is 0. The lowest BCUT2D eigenvalue weighted by atomic mass is 10.0. The maximum absolute atomic E-state index is 11.4. The van der Waals surface area contributed by atoms with Crippen molar-refractivity contribution in [3.05, 3.63) is 53.0 Å². The van der Waals surface area contributed by atoms with Gasteiger partial charge in [-0.1, -0.05) is 6.08 Å². The van der Waals surface area contributed by atoms with E-state index in [1.165, 1.54) is 5.70 Å². The van der Waals surface area contributed by atoms with E-state index < -0.39 is 0 Å². The number of carbonyl (C=O) groups excluding carboxylic acids is 1. The van der Waals surface area contributed by atoms with Crippen LogP contribution in [-0.4, -0.2) is 21.4 Å². The van der Waals surface area contributed by atoms with Gasteiger partial charge in [-0.3, -0.25) is 4.79 Å². The van der Waals surface area contributed by atoms with Gasteiger partial charge in [-0.2, -0.15) is 0 Å². The highest BCUT2D eigenvalue weighted by Crippen LogP contribution is 2.36. The number of pyridine rings is 1. The van der Waals surface area contributed by atoms with E-state index in [0.29, 0.717) is 5.56 Å². The van der Waals surface area contributed by atoms with Gasteiger partial charge < -0.3 is 9.47 Å². The molecule has 0 spiro atoms. The van der Waals surface area contributed by atoms with Crippen molar-refractivity contribution in [1.82, 2.24) is 9.55 Å². The van der Waals surface area contributed by atoms with E-state index in [4.69, 9.17) is 4.98 Å². The van der Waals surface area contributed by atoms with Crippen molar-refractivity contribution in [3.63, 3.8) is 0 Å². The minimum Gasteiger partial charge on any atom is -0.325 e. The summed E-state index contributed by atoms with van der Waals surface area (Å²) in [5.41, 5.74) is 4.01. The van der Waals surface area contributed by atoms with Crippen molar-refractivity contribution < 1.29 is 4.79 Å². The van der Waals surface area contributed by atoms with Gasteiger partial charge in [-0.25, -0.2) is 4.98 Å². The number of anilines is 1. The van der Waals surface area contributed by atoms with Crippen LogP contribution in [0.5, 0.6) is 0 Å². The highest BCUT2D eigenvalue weighted by atomic mass is 16.1. The third kappa shape index (κ3) is 2.58. The van der Waals surface area contributed by atoms with Gasteiger partial charge in [-0.15, -0.1) is 0 Å². The highest BCUT2D eigenvalue weighted by molar-refractivity contribution is 5.78. The normalized spacial score (nSPS) is 16.6. The monoisotopic (exact) mass is 309 g/mol. The Balaban J connectivity index is 2.18. The fourth-order valence-corrected chi connectivity index (χ4v) is 3.40. The molecule has 0 fully saturated rings. The summed E-state index contributed by atoms with van der Waals surface area (Å²) in [7, 11) is 0. The zero-order chi connectivity index (χ0) is 16.8. The Hall–Kier alpha value is -2.36. The molecule has 0 saturated heterocycles. The van der Waals surface area contributed by atoms with Gasteiger partial charge in [0.15, 0.2) is 0 Å². The van der Waals surface area contributed by atoms with Gasteiger partial charge in [0, 0.05) is 28.2 Å². The van der Waals surface area contributed by atoms with Gasteiger partial charge in [-0.05, 0) is 65.3 Å². The highest BCUT2D eigenvalue weighted by Gasteiger charge is 2.33. The summed E-state index contributed by atoms with van der Waals surface area (Å²) >= 11 is 0. The van der Waals surface area contributed by atoms with E-state index >= 15 is 0 Å². The molecular weight excluding hydrogens is 286 g/mol. The minimum absolute atomic E-state index is 0.0311. The second-order valence-electron chi connectivity index (χ2n) is 6.88. The molecule has 23 heavy (non-hydrogen) atoms. The molecule has 0 unspecified atom stereocenters. The molecule has 1 aliphatic heterocycles. The molecule has 3 rings (SSSR count). The van der Waals surface area contributed by atoms with E-state index in [0.717, 1.165) is 35.7 Å². The lowest BCUT2D eigenvalue weighted by Gasteiger charge is -2.35. The number of hydrogen-bond acceptors (Lipinski definition) is 3. The zero-order valence-corrected chi connectivity index (χ0v) is 14.4. The molecule has 2 aromatic heterocycles. The van der Waals surface area contributed by atoms with E-state index in [9.17, 15) is 4.79 Å². The Kier molecular flexibility index (Phi) is 3.63. The fraction of sp³-hybridized carbons (Fsp3) is 0.368. The Morgan fingerprint density at radius 2 is 1.70 bits per heavy atom. The topological polar surface area (TPSA) is 38.1 Å². The standard InChI is InChI=1S/C19H23N3O/c1-13-6-7-14(2)21(13)17-10-16(12-23)11-18(20-17)22-15(3)8-9-19(22,4)5/h6-8,10-12H,9H2,1-5H3. The number of hydrogen-bond donors (Lipinski definition) is 0. The van der Waals surface area contributed by atoms with Crippen LogP contribution >= 0.6 is 0 Å². The van der Waals surface area contributed by atoms with Gasteiger partial charge in [0.05, 0.1) is 0 Å². The number of nitrogens with zero attached hydrogens (tertiary/aromatic N) is 3. The van der Waals surface area contributed by atoms with Crippen molar-refractivity contribution in [2.75, 3.05) is 4.90 Å². The first-order valence-corrected chi connectivity index (χ1v) is 7.93. The van der Waals surface area contributed by atoms with Crippen LogP contribution in [0.3, 0.4) is 0 Å². The molecule has 0 atom stereocenters. The number of aryl methyl sites for hydroxylation is 2. The Morgan fingerprint density at radius 3 is 2.22 bits per heavy atom. The van der Waals surface area contributed by atoms with Crippen molar-refractivity contribution in [1.29, 1.82) is 0 Å². The van der Waals surface area contributed by atoms with Crippen LogP contribution < -0.4 is 4.90 Å². The average molecular weight is 309 g/mol. The molecular formula is C19H23N3O. The van der Waals surface area contributed by atoms with Crippen LogP contribution in [0.25, 0.3) is 5.82 Å². The SMILES string of the molecule is CC1=CCC(C)(C)N1c1cc(C=O)cc(-n2c(C)ccc2C)n1. The van der Waals surface area contributed by atoms with Crippen LogP contribution in [0.15, 0.2) is 36.0 Å². The second-order valence-corrected chi connectivity index (χ2v) is 6.88. The van der Waals surface area contributed by atoms with Crippen LogP contribution in [0.4, 0.5) is 5.82 Å². The van der Waals surface area contributed by atoms with Crippen molar-refractivity contribution in [3.8, 4) is 5.82 Å². The molecule has 0 radical (unpaired) electrons. The number of rotatable bonds is 3. The molecule has 0 amide bonds. The quantitative estimate of drug-likeness (QED) is 0.798. The lowest BCUT2D eigenvalue weighted by molar-refractivity contribution is 0.112. The number of allylic oxidation sites excluding steroid dienone is 1. The van der Waals surface area contributed by atoms with E-state index in [-0.39, 0.29) is 5.54 Å². The lowest BCUT2D eigenvalue weighted by Crippen LogP contribution is -2.39. The smallest absolute Gasteiger partial charge is 0.150 e. The predicted octanol–water partition coefficient (Wildman–Crippen LogP) is 4.19. The van der Waals surface area contributed by atoms with Gasteiger partial charge in [0.2, 0.25) is 0 Å². The van der Waals surface area contributed by atoms with E-state index in [1.807, 2.05) is 26.0 Å². The summed E-state index contributed by atoms with van der Waals surface area (Å²) in [6.07, 6.45) is 4.09. The van der Waals surface area contributed by atoms with E-state index in [2.05, 4.69) is 48.4 Å². The van der Waals surface area contributed by atoms with Crippen molar-refractivity contribution >= 4 is 12.1 Å². The summed E-state index contributed by atoms with van der Waals surface area (Å²) in [6, 6.07) is 7.85. The molecule has 0 aromatic carbocycles. The van der Waals surface area contributed by atoms with Crippen molar-refractivity contribution in [2.24, 2.45) is 0 Å². The summed E-state index contributed by atoms with van der Waals surface area (Å²) in [4.78, 5) is 18.5. The molecule has 0 saturated carbocycles.